The number of hydrogen-bond acceptors (Lipinski definition) is 4. The van der Waals surface area contributed by atoms with Crippen LogP contribution in [0.4, 0.5) is 0 Å². The molecule has 46 heavy (non-hydrogen) atoms. The number of ether oxygens (including phenoxy) is 2. The first-order valence-corrected chi connectivity index (χ1v) is 17.8. The molecule has 4 nitrogen and oxygen atoms in total. The summed E-state index contributed by atoms with van der Waals surface area (Å²) in [5.41, 5.74) is 9.36. The fourth-order valence-electron chi connectivity index (χ4n) is 6.20. The fourth-order valence-corrected chi connectivity index (χ4v) is 6.61. The Hall–Kier alpha value is -2.80. The normalized spacial score (nSPS) is 21.8. The molecule has 2 aliphatic carbocycles. The van der Waals surface area contributed by atoms with Gasteiger partial charge in [-0.1, -0.05) is 121 Å². The summed E-state index contributed by atoms with van der Waals surface area (Å²) in [6, 6.07) is 34.6. The van der Waals surface area contributed by atoms with Crippen molar-refractivity contribution < 1.29 is 9.47 Å². The Morgan fingerprint density at radius 3 is 1.54 bits per heavy atom. The molecule has 0 saturated heterocycles. The lowest BCUT2D eigenvalue weighted by atomic mass is 9.93. The molecular formula is C41H49BrN2O2. The summed E-state index contributed by atoms with van der Waals surface area (Å²) >= 11 is 3.57. The van der Waals surface area contributed by atoms with Gasteiger partial charge in [0.05, 0.1) is 13.2 Å². The van der Waals surface area contributed by atoms with Gasteiger partial charge in [0.2, 0.25) is 0 Å². The molecule has 2 fully saturated rings. The summed E-state index contributed by atoms with van der Waals surface area (Å²) in [5.74, 6) is 1.89. The van der Waals surface area contributed by atoms with Crippen molar-refractivity contribution >= 4 is 15.9 Å². The van der Waals surface area contributed by atoms with E-state index in [0.29, 0.717) is 0 Å². The predicted molar refractivity (Wildman–Crippen MR) is 192 cm³/mol. The van der Waals surface area contributed by atoms with Gasteiger partial charge in [0.1, 0.15) is 12.2 Å². The van der Waals surface area contributed by atoms with Crippen LogP contribution in [0.3, 0.4) is 0 Å². The quantitative estimate of drug-likeness (QED) is 0.215. The van der Waals surface area contributed by atoms with Crippen molar-refractivity contribution in [1.29, 1.82) is 0 Å². The molecule has 0 amide bonds. The molecule has 8 rings (SSSR count). The van der Waals surface area contributed by atoms with E-state index in [1.165, 1.54) is 64.6 Å². The van der Waals surface area contributed by atoms with Crippen LogP contribution < -0.4 is 0 Å². The third-order valence-electron chi connectivity index (χ3n) is 9.35. The molecule has 0 spiro atoms. The molecule has 2 atom stereocenters. The Kier molecular flexibility index (Phi) is 11.4. The highest BCUT2D eigenvalue weighted by atomic mass is 79.9. The maximum atomic E-state index is 6.24. The van der Waals surface area contributed by atoms with Crippen LogP contribution in [0, 0.1) is 5.92 Å². The number of rotatable bonds is 3. The van der Waals surface area contributed by atoms with Crippen molar-refractivity contribution in [2.75, 3.05) is 40.4 Å². The van der Waals surface area contributed by atoms with E-state index in [9.17, 15) is 0 Å². The van der Waals surface area contributed by atoms with E-state index in [4.69, 9.17) is 9.47 Å². The Bertz CT molecular complexity index is 1540. The molecule has 2 heterocycles. The van der Waals surface area contributed by atoms with Crippen LogP contribution in [-0.4, -0.2) is 50.2 Å². The summed E-state index contributed by atoms with van der Waals surface area (Å²) in [5, 5.41) is 0. The van der Waals surface area contributed by atoms with Gasteiger partial charge in [-0.05, 0) is 89.8 Å². The van der Waals surface area contributed by atoms with Crippen LogP contribution in [0.25, 0.3) is 0 Å². The van der Waals surface area contributed by atoms with Crippen molar-refractivity contribution in [3.8, 4) is 0 Å². The summed E-state index contributed by atoms with van der Waals surface area (Å²) in [6.07, 6.45) is 5.78. The minimum atomic E-state index is 0.0352. The molecule has 0 radical (unpaired) electrons. The van der Waals surface area contributed by atoms with Gasteiger partial charge in [-0.2, -0.15) is 0 Å². The molecular weight excluding hydrogens is 632 g/mol. The van der Waals surface area contributed by atoms with Crippen LogP contribution in [0.1, 0.15) is 89.7 Å². The minimum Gasteiger partial charge on any atom is -0.367 e. The standard InChI is InChI=1S/C20H23NO.C17H18BrNO.C4H8/c1-21-11-12-22-20(16-5-3-2-4-6-16)19-10-9-17(15-7-8-15)13-18(19)14-21;1-19-9-10-20-17(13-5-3-2-4-6-13)16-8-7-15(18)11-14(16)12-19;1-4-2-3-4/h2-6,9-10,13,15,20H,7-8,11-12,14H2,1H3;2-8,11,17H,9-10,12H2,1H3;4H,2-3H2,1H3. The summed E-state index contributed by atoms with van der Waals surface area (Å²) in [7, 11) is 4.32. The molecule has 4 aliphatic rings. The maximum Gasteiger partial charge on any atom is 0.108 e. The second-order valence-electron chi connectivity index (χ2n) is 13.6. The minimum absolute atomic E-state index is 0.0352. The zero-order chi connectivity index (χ0) is 31.9. The van der Waals surface area contributed by atoms with E-state index >= 15 is 0 Å². The molecule has 4 aromatic rings. The van der Waals surface area contributed by atoms with Gasteiger partial charge in [-0.15, -0.1) is 0 Å². The van der Waals surface area contributed by atoms with Crippen LogP contribution in [-0.2, 0) is 22.6 Å². The number of fused-ring (bicyclic) bond motifs is 2. The van der Waals surface area contributed by atoms with Gasteiger partial charge < -0.3 is 9.47 Å². The summed E-state index contributed by atoms with van der Waals surface area (Å²) in [4.78, 5) is 4.66. The number of benzene rings is 4. The number of likely N-dealkylation sites (N-methyl/N-ethyl adjacent to an activating group) is 2. The van der Waals surface area contributed by atoms with E-state index in [0.717, 1.165) is 55.7 Å². The highest BCUT2D eigenvalue weighted by Gasteiger charge is 2.27. The monoisotopic (exact) mass is 680 g/mol. The molecule has 2 saturated carbocycles. The highest BCUT2D eigenvalue weighted by molar-refractivity contribution is 9.10. The van der Waals surface area contributed by atoms with E-state index < -0.39 is 0 Å². The lowest BCUT2D eigenvalue weighted by Crippen LogP contribution is -2.28. The number of halogens is 1. The van der Waals surface area contributed by atoms with Crippen LogP contribution in [0.15, 0.2) is 102 Å². The van der Waals surface area contributed by atoms with Crippen LogP contribution in [0.2, 0.25) is 0 Å². The van der Waals surface area contributed by atoms with E-state index in [-0.39, 0.29) is 12.2 Å². The van der Waals surface area contributed by atoms with Crippen molar-refractivity contribution in [3.05, 3.63) is 140 Å². The summed E-state index contributed by atoms with van der Waals surface area (Å²) < 4.78 is 13.5. The Morgan fingerprint density at radius 1 is 0.587 bits per heavy atom. The molecule has 0 aromatic heterocycles. The molecule has 2 unspecified atom stereocenters. The third-order valence-corrected chi connectivity index (χ3v) is 9.85. The average molecular weight is 682 g/mol. The lowest BCUT2D eigenvalue weighted by Gasteiger charge is -2.29. The highest BCUT2D eigenvalue weighted by Crippen LogP contribution is 2.42. The van der Waals surface area contributed by atoms with Crippen molar-refractivity contribution in [1.82, 2.24) is 9.80 Å². The van der Waals surface area contributed by atoms with E-state index in [1.54, 1.807) is 0 Å². The first kappa shape index (κ1) is 33.1. The van der Waals surface area contributed by atoms with Crippen LogP contribution >= 0.6 is 15.9 Å². The maximum absolute atomic E-state index is 6.24. The van der Waals surface area contributed by atoms with E-state index in [1.807, 2.05) is 6.07 Å². The first-order chi connectivity index (χ1) is 22.4. The van der Waals surface area contributed by atoms with E-state index in [2.05, 4.69) is 138 Å². The third kappa shape index (κ3) is 9.17. The first-order valence-electron chi connectivity index (χ1n) is 17.1. The Morgan fingerprint density at radius 2 is 1.07 bits per heavy atom. The van der Waals surface area contributed by atoms with Gasteiger partial charge >= 0.3 is 0 Å². The molecule has 0 bridgehead atoms. The molecule has 4 aromatic carbocycles. The average Bonchev–Trinajstić information content (AvgIpc) is 4.00. The van der Waals surface area contributed by atoms with Crippen molar-refractivity contribution in [2.24, 2.45) is 5.92 Å². The zero-order valence-corrected chi connectivity index (χ0v) is 29.3. The Balaban J connectivity index is 0.000000144. The molecule has 0 N–H and O–H groups in total. The number of hydrogen-bond donors (Lipinski definition) is 0. The van der Waals surface area contributed by atoms with Crippen molar-refractivity contribution in [2.45, 2.75) is 63.8 Å². The number of nitrogens with zero attached hydrogens (tertiary/aromatic N) is 2. The second-order valence-corrected chi connectivity index (χ2v) is 14.5. The van der Waals surface area contributed by atoms with Gasteiger partial charge in [0, 0.05) is 30.7 Å². The largest absolute Gasteiger partial charge is 0.367 e. The fraction of sp³-hybridized carbons (Fsp3) is 0.415. The predicted octanol–water partition coefficient (Wildman–Crippen LogP) is 9.53. The Labute approximate surface area is 284 Å². The SMILES string of the molecule is CC1CC1.CN1CCOC(c2ccccc2)c2ccc(Br)cc2C1.CN1CCOC(c2ccccc2)c2ccc(C3CC3)cc2C1. The molecule has 5 heteroatoms. The summed E-state index contributed by atoms with van der Waals surface area (Å²) in [6.45, 7) is 7.72. The van der Waals surface area contributed by atoms with Gasteiger partial charge in [-0.3, -0.25) is 9.80 Å². The second kappa shape index (κ2) is 15.9. The van der Waals surface area contributed by atoms with Gasteiger partial charge in [0.15, 0.2) is 0 Å². The van der Waals surface area contributed by atoms with Gasteiger partial charge in [0.25, 0.3) is 0 Å². The van der Waals surface area contributed by atoms with Gasteiger partial charge in [-0.25, -0.2) is 0 Å². The lowest BCUT2D eigenvalue weighted by molar-refractivity contribution is 0.0553. The topological polar surface area (TPSA) is 24.9 Å². The molecule has 2 aliphatic heterocycles. The van der Waals surface area contributed by atoms with Crippen LogP contribution in [0.5, 0.6) is 0 Å². The van der Waals surface area contributed by atoms with Crippen molar-refractivity contribution in [3.63, 3.8) is 0 Å². The zero-order valence-electron chi connectivity index (χ0n) is 27.7. The smallest absolute Gasteiger partial charge is 0.108 e. The molecule has 242 valence electrons.